The Balaban J connectivity index is 2.36. The Morgan fingerprint density at radius 1 is 1.35 bits per heavy atom. The third-order valence-electron chi connectivity index (χ3n) is 3.13. The third-order valence-corrected chi connectivity index (χ3v) is 3.13. The van der Waals surface area contributed by atoms with Crippen molar-refractivity contribution in [1.82, 2.24) is 9.97 Å². The number of nitrogens with zero attached hydrogens (tertiary/aromatic N) is 3. The number of methoxy groups -OCH3 is 1. The summed E-state index contributed by atoms with van der Waals surface area (Å²) in [5.41, 5.74) is 0.300. The summed E-state index contributed by atoms with van der Waals surface area (Å²) in [6, 6.07) is 0. The Morgan fingerprint density at radius 2 is 2.06 bits per heavy atom. The summed E-state index contributed by atoms with van der Waals surface area (Å²) < 4.78 is 5.24. The van der Waals surface area contributed by atoms with Gasteiger partial charge < -0.3 is 14.7 Å². The zero-order valence-corrected chi connectivity index (χ0v) is 10.8. The fraction of sp³-hybridized carbons (Fsp3) is 0.667. The predicted molar refractivity (Wildman–Crippen MR) is 65.5 cm³/mol. The number of β-amino-alcohol motifs (C(OH)–C–C–N with tert-alkyl or cyclic N) is 1. The first-order valence-corrected chi connectivity index (χ1v) is 5.79. The molecule has 2 heterocycles. The van der Waals surface area contributed by atoms with Gasteiger partial charge in [-0.25, -0.2) is 4.98 Å². The number of anilines is 1. The minimum absolute atomic E-state index is 0.605. The minimum Gasteiger partial charge on any atom is -0.481 e. The molecule has 1 atom stereocenters. The largest absolute Gasteiger partial charge is 0.481 e. The summed E-state index contributed by atoms with van der Waals surface area (Å²) in [6.45, 7) is 7.06. The van der Waals surface area contributed by atoms with Crippen LogP contribution in [0.5, 0.6) is 5.88 Å². The molecular weight excluding hydrogens is 218 g/mol. The predicted octanol–water partition coefficient (Wildman–Crippen LogP) is 1.06. The SMILES string of the molecule is COc1nc(C)nc(N2CCC(C)(O)C2)c1C. The van der Waals surface area contributed by atoms with Crippen LogP contribution in [0, 0.1) is 13.8 Å². The molecule has 0 spiro atoms. The second-order valence-corrected chi connectivity index (χ2v) is 4.90. The number of aliphatic hydroxyl groups is 1. The Labute approximate surface area is 101 Å². The lowest BCUT2D eigenvalue weighted by Crippen LogP contribution is -2.30. The molecule has 1 aromatic heterocycles. The molecule has 1 aliphatic heterocycles. The van der Waals surface area contributed by atoms with E-state index in [0.29, 0.717) is 18.2 Å². The molecule has 0 aliphatic carbocycles. The first kappa shape index (κ1) is 12.1. The summed E-state index contributed by atoms with van der Waals surface area (Å²) in [7, 11) is 1.61. The van der Waals surface area contributed by atoms with Gasteiger partial charge in [0.2, 0.25) is 5.88 Å². The Bertz CT molecular complexity index is 432. The fourth-order valence-corrected chi connectivity index (χ4v) is 2.22. The van der Waals surface area contributed by atoms with Gasteiger partial charge in [-0.1, -0.05) is 0 Å². The van der Waals surface area contributed by atoms with E-state index in [1.807, 2.05) is 20.8 Å². The summed E-state index contributed by atoms with van der Waals surface area (Å²) >= 11 is 0. The standard InChI is InChI=1S/C12H19N3O2/c1-8-10(13-9(2)14-11(8)17-4)15-6-5-12(3,16)7-15/h16H,5-7H2,1-4H3. The third kappa shape index (κ3) is 2.34. The lowest BCUT2D eigenvalue weighted by Gasteiger charge is -2.22. The van der Waals surface area contributed by atoms with Crippen molar-refractivity contribution < 1.29 is 9.84 Å². The van der Waals surface area contributed by atoms with Crippen LogP contribution in [0.4, 0.5) is 5.82 Å². The van der Waals surface area contributed by atoms with Gasteiger partial charge in [0, 0.05) is 13.1 Å². The van der Waals surface area contributed by atoms with Crippen molar-refractivity contribution in [1.29, 1.82) is 0 Å². The number of rotatable bonds is 2. The van der Waals surface area contributed by atoms with Crippen LogP contribution in [0.1, 0.15) is 24.7 Å². The number of hydrogen-bond acceptors (Lipinski definition) is 5. The highest BCUT2D eigenvalue weighted by molar-refractivity contribution is 5.52. The maximum Gasteiger partial charge on any atom is 0.221 e. The van der Waals surface area contributed by atoms with Crippen molar-refractivity contribution in [2.75, 3.05) is 25.1 Å². The molecule has 5 nitrogen and oxygen atoms in total. The number of ether oxygens (including phenoxy) is 1. The molecule has 0 saturated carbocycles. The Hall–Kier alpha value is -1.36. The molecule has 17 heavy (non-hydrogen) atoms. The smallest absolute Gasteiger partial charge is 0.221 e. The van der Waals surface area contributed by atoms with E-state index in [0.717, 1.165) is 24.3 Å². The summed E-state index contributed by atoms with van der Waals surface area (Å²) in [5, 5.41) is 10.00. The second-order valence-electron chi connectivity index (χ2n) is 4.90. The van der Waals surface area contributed by atoms with E-state index < -0.39 is 5.60 Å². The molecule has 1 aliphatic rings. The Morgan fingerprint density at radius 3 is 2.59 bits per heavy atom. The van der Waals surface area contributed by atoms with Gasteiger partial charge in [-0.05, 0) is 27.2 Å². The van der Waals surface area contributed by atoms with Gasteiger partial charge in [0.25, 0.3) is 0 Å². The van der Waals surface area contributed by atoms with Crippen molar-refractivity contribution in [3.8, 4) is 5.88 Å². The van der Waals surface area contributed by atoms with Gasteiger partial charge >= 0.3 is 0 Å². The maximum atomic E-state index is 10.00. The lowest BCUT2D eigenvalue weighted by atomic mass is 10.1. The van der Waals surface area contributed by atoms with Gasteiger partial charge in [-0.15, -0.1) is 0 Å². The quantitative estimate of drug-likeness (QED) is 0.833. The van der Waals surface area contributed by atoms with E-state index in [9.17, 15) is 5.11 Å². The monoisotopic (exact) mass is 237 g/mol. The first-order valence-electron chi connectivity index (χ1n) is 5.79. The molecule has 1 fully saturated rings. The molecule has 5 heteroatoms. The van der Waals surface area contributed by atoms with Gasteiger partial charge in [0.1, 0.15) is 11.6 Å². The molecule has 0 amide bonds. The summed E-state index contributed by atoms with van der Waals surface area (Å²) in [5.74, 6) is 2.17. The second kappa shape index (κ2) is 4.14. The molecule has 1 N–H and O–H groups in total. The molecule has 0 aromatic carbocycles. The van der Waals surface area contributed by atoms with E-state index in [2.05, 4.69) is 14.9 Å². The van der Waals surface area contributed by atoms with Gasteiger partial charge in [0.05, 0.1) is 18.3 Å². The highest BCUT2D eigenvalue weighted by Crippen LogP contribution is 2.30. The molecule has 2 rings (SSSR count). The number of aryl methyl sites for hydroxylation is 1. The van der Waals surface area contributed by atoms with E-state index in [4.69, 9.17) is 4.74 Å². The molecule has 1 aromatic rings. The summed E-state index contributed by atoms with van der Waals surface area (Å²) in [6.07, 6.45) is 0.762. The number of aromatic nitrogens is 2. The van der Waals surface area contributed by atoms with Crippen LogP contribution in [-0.4, -0.2) is 40.9 Å². The molecule has 0 bridgehead atoms. The zero-order valence-electron chi connectivity index (χ0n) is 10.8. The van der Waals surface area contributed by atoms with Gasteiger partial charge in [-0.3, -0.25) is 0 Å². The fourth-order valence-electron chi connectivity index (χ4n) is 2.22. The normalized spacial score (nSPS) is 24.2. The Kier molecular flexibility index (Phi) is 2.95. The van der Waals surface area contributed by atoms with Crippen LogP contribution >= 0.6 is 0 Å². The first-order chi connectivity index (χ1) is 7.93. The minimum atomic E-state index is -0.626. The topological polar surface area (TPSA) is 58.5 Å². The van der Waals surface area contributed by atoms with Crippen LogP contribution in [0.25, 0.3) is 0 Å². The molecular formula is C12H19N3O2. The highest BCUT2D eigenvalue weighted by Gasteiger charge is 2.33. The van der Waals surface area contributed by atoms with Crippen molar-refractivity contribution in [2.45, 2.75) is 32.8 Å². The van der Waals surface area contributed by atoms with E-state index in [1.165, 1.54) is 0 Å². The van der Waals surface area contributed by atoms with Crippen molar-refractivity contribution in [2.24, 2.45) is 0 Å². The van der Waals surface area contributed by atoms with Crippen LogP contribution in [0.3, 0.4) is 0 Å². The highest BCUT2D eigenvalue weighted by atomic mass is 16.5. The molecule has 94 valence electrons. The average molecular weight is 237 g/mol. The van der Waals surface area contributed by atoms with E-state index >= 15 is 0 Å². The van der Waals surface area contributed by atoms with Gasteiger partial charge in [-0.2, -0.15) is 4.98 Å². The lowest BCUT2D eigenvalue weighted by molar-refractivity contribution is 0.0839. The molecule has 0 radical (unpaired) electrons. The van der Waals surface area contributed by atoms with Crippen LogP contribution in [0.15, 0.2) is 0 Å². The maximum absolute atomic E-state index is 10.00. The average Bonchev–Trinajstić information content (AvgIpc) is 2.61. The van der Waals surface area contributed by atoms with Crippen LogP contribution in [-0.2, 0) is 0 Å². The van der Waals surface area contributed by atoms with Crippen molar-refractivity contribution in [3.05, 3.63) is 11.4 Å². The number of hydrogen-bond donors (Lipinski definition) is 1. The van der Waals surface area contributed by atoms with Crippen LogP contribution < -0.4 is 9.64 Å². The van der Waals surface area contributed by atoms with Crippen LogP contribution in [0.2, 0.25) is 0 Å². The molecule has 1 saturated heterocycles. The van der Waals surface area contributed by atoms with Crippen molar-refractivity contribution >= 4 is 5.82 Å². The summed E-state index contributed by atoms with van der Waals surface area (Å²) in [4.78, 5) is 10.8. The van der Waals surface area contributed by atoms with Crippen molar-refractivity contribution in [3.63, 3.8) is 0 Å². The zero-order chi connectivity index (χ0) is 12.6. The van der Waals surface area contributed by atoms with E-state index in [-0.39, 0.29) is 0 Å². The van der Waals surface area contributed by atoms with E-state index in [1.54, 1.807) is 7.11 Å². The molecule has 1 unspecified atom stereocenters. The van der Waals surface area contributed by atoms with Gasteiger partial charge in [0.15, 0.2) is 0 Å².